The molecule has 0 bridgehead atoms. The van der Waals surface area contributed by atoms with Crippen LogP contribution in [0.3, 0.4) is 0 Å². The van der Waals surface area contributed by atoms with Gasteiger partial charge in [0.1, 0.15) is 39.9 Å². The molecule has 0 saturated carbocycles. The number of hydrogen-bond donors (Lipinski definition) is 4. The summed E-state index contributed by atoms with van der Waals surface area (Å²) < 4.78 is 11.1. The molecule has 1 amide bonds. The lowest BCUT2D eigenvalue weighted by molar-refractivity contribution is -0.730. The minimum absolute atomic E-state index is 0.0203. The number of aryl methyl sites for hydroxylation is 1. The number of hydrogen-bond acceptors (Lipinski definition) is 10. The molecule has 0 aliphatic heterocycles. The number of pyridine rings is 1. The largest absolute Gasteiger partial charge is 0.495 e. The van der Waals surface area contributed by atoms with Gasteiger partial charge in [0.25, 0.3) is 0 Å². The number of ether oxygens (including phenoxy) is 1. The number of anilines is 2. The molecule has 0 radical (unpaired) electrons. The molecule has 14 heteroatoms. The van der Waals surface area contributed by atoms with Gasteiger partial charge < -0.3 is 20.9 Å². The number of carboxylic acid groups (broad SMARTS) is 1. The molecule has 35 heavy (non-hydrogen) atoms. The molecule has 0 fully saturated rings. The maximum Gasteiger partial charge on any atom is 0.435 e. The second kappa shape index (κ2) is 9.98. The normalized spacial score (nSPS) is 11.2. The van der Waals surface area contributed by atoms with Gasteiger partial charge in [-0.15, -0.1) is 0 Å². The molecule has 3 rings (SSSR count). The van der Waals surface area contributed by atoms with E-state index in [0.717, 1.165) is 11.8 Å². The number of carboxylic acids is 1. The summed E-state index contributed by atoms with van der Waals surface area (Å²) in [7, 11) is 2.78. The number of rotatable bonds is 7. The second-order valence-electron chi connectivity index (χ2n) is 7.01. The van der Waals surface area contributed by atoms with Gasteiger partial charge in [0.2, 0.25) is 5.91 Å². The first-order chi connectivity index (χ1) is 16.6. The molecular weight excluding hydrogens is 478 g/mol. The number of thioether (sulfide) groups is 1. The number of aromatic nitrogens is 3. The number of nitrogen functional groups attached to an aromatic ring is 1. The first kappa shape index (κ1) is 24.8. The van der Waals surface area contributed by atoms with Crippen molar-refractivity contribution in [3.05, 3.63) is 45.3 Å². The summed E-state index contributed by atoms with van der Waals surface area (Å²) in [5, 5.41) is 32.7. The van der Waals surface area contributed by atoms with Crippen molar-refractivity contribution in [2.75, 3.05) is 18.2 Å². The van der Waals surface area contributed by atoms with Gasteiger partial charge in [0.05, 0.1) is 29.2 Å². The molecule has 1 unspecified atom stereocenters. The smallest absolute Gasteiger partial charge is 0.435 e. The molecule has 1 aromatic carbocycles. The van der Waals surface area contributed by atoms with E-state index in [9.17, 15) is 24.9 Å². The van der Waals surface area contributed by atoms with Gasteiger partial charge in [-0.25, -0.2) is 14.6 Å². The number of benzene rings is 1. The Morgan fingerprint density at radius 2 is 2.03 bits per heavy atom. The van der Waals surface area contributed by atoms with Crippen molar-refractivity contribution in [1.29, 1.82) is 10.5 Å². The maximum atomic E-state index is 12.9. The number of nitriles is 2. The number of aromatic carboxylic acids is 1. The lowest BCUT2D eigenvalue weighted by Gasteiger charge is -2.16. The molecule has 1 atom stereocenters. The van der Waals surface area contributed by atoms with Crippen LogP contribution in [-0.2, 0) is 11.8 Å². The van der Waals surface area contributed by atoms with Crippen molar-refractivity contribution in [2.24, 2.45) is 7.05 Å². The van der Waals surface area contributed by atoms with Crippen LogP contribution in [0.25, 0.3) is 11.3 Å². The van der Waals surface area contributed by atoms with Gasteiger partial charge in [-0.1, -0.05) is 16.4 Å². The van der Waals surface area contributed by atoms with E-state index in [4.69, 9.17) is 20.1 Å². The lowest BCUT2D eigenvalue weighted by Crippen LogP contribution is -2.34. The van der Waals surface area contributed by atoms with Gasteiger partial charge in [-0.2, -0.15) is 10.5 Å². The Hall–Kier alpha value is -4.82. The van der Waals surface area contributed by atoms with Crippen LogP contribution in [0.2, 0.25) is 0 Å². The Balaban J connectivity index is 1.98. The number of aromatic amines is 1. The SMILES string of the molecule is COc1cc(C(=O)O)ccc1NC(=O)C(C)Sc1nc(N)c(C#N)c(-c2c(=O)o[nH][n+]2C)c1C#N. The zero-order chi connectivity index (χ0) is 25.9. The van der Waals surface area contributed by atoms with Crippen LogP contribution < -0.4 is 26.1 Å². The highest BCUT2D eigenvalue weighted by atomic mass is 32.2. The predicted molar refractivity (Wildman–Crippen MR) is 121 cm³/mol. The molecule has 0 aliphatic rings. The van der Waals surface area contributed by atoms with Crippen LogP contribution in [0.1, 0.15) is 28.4 Å². The summed E-state index contributed by atoms with van der Waals surface area (Å²) in [4.78, 5) is 40.4. The molecule has 0 aliphatic carbocycles. The van der Waals surface area contributed by atoms with E-state index in [-0.39, 0.29) is 50.2 Å². The van der Waals surface area contributed by atoms with Gasteiger partial charge in [0, 0.05) is 0 Å². The average Bonchev–Trinajstić information content (AvgIpc) is 3.16. The van der Waals surface area contributed by atoms with Crippen molar-refractivity contribution >= 4 is 35.1 Å². The number of carbonyl (C=O) groups is 2. The molecule has 0 spiro atoms. The van der Waals surface area contributed by atoms with Gasteiger partial charge in [-0.05, 0) is 30.4 Å². The predicted octanol–water partition coefficient (Wildman–Crippen LogP) is 1.01. The third-order valence-corrected chi connectivity index (χ3v) is 5.91. The topological polar surface area (TPSA) is 212 Å². The van der Waals surface area contributed by atoms with Gasteiger partial charge in [0.15, 0.2) is 7.05 Å². The van der Waals surface area contributed by atoms with E-state index in [1.807, 2.05) is 12.1 Å². The van der Waals surface area contributed by atoms with Crippen LogP contribution in [0.15, 0.2) is 32.5 Å². The summed E-state index contributed by atoms with van der Waals surface area (Å²) in [6.45, 7) is 1.54. The second-order valence-corrected chi connectivity index (χ2v) is 8.34. The third-order valence-electron chi connectivity index (χ3n) is 4.82. The van der Waals surface area contributed by atoms with Gasteiger partial charge in [-0.3, -0.25) is 9.32 Å². The fraction of sp³-hybridized carbons (Fsp3) is 0.190. The third kappa shape index (κ3) is 4.78. The number of H-pyrrole nitrogens is 1. The summed E-state index contributed by atoms with van der Waals surface area (Å²) >= 11 is 0.878. The van der Waals surface area contributed by atoms with Crippen LogP contribution in [0.5, 0.6) is 5.75 Å². The van der Waals surface area contributed by atoms with Crippen LogP contribution >= 0.6 is 11.8 Å². The zero-order valence-electron chi connectivity index (χ0n) is 18.6. The molecular formula is C21H18N7O6S+. The van der Waals surface area contributed by atoms with Gasteiger partial charge >= 0.3 is 17.3 Å². The number of nitrogens with zero attached hydrogens (tertiary/aromatic N) is 4. The average molecular weight is 496 g/mol. The number of amides is 1. The standard InChI is InChI=1S/C21H17N7O6S/c1-9(18(29)25-13-5-4-10(20(30)31)6-14(13)33-3)35-19-12(8-23)15(11(7-22)17(24)26-19)16-21(32)34-27-28(16)2/h4-6,9H,1-3H3,(H4-,24,25,26,27,29,30,31,32)/p+1. The highest BCUT2D eigenvalue weighted by Crippen LogP contribution is 2.35. The Morgan fingerprint density at radius 3 is 2.57 bits per heavy atom. The van der Waals surface area contributed by atoms with Crippen molar-refractivity contribution in [2.45, 2.75) is 17.2 Å². The fourth-order valence-electron chi connectivity index (χ4n) is 3.11. The quantitative estimate of drug-likeness (QED) is 0.267. The number of carbonyl (C=O) groups excluding carboxylic acids is 1. The summed E-state index contributed by atoms with van der Waals surface area (Å²) in [5.41, 5.74) is 4.82. The Kier molecular flexibility index (Phi) is 7.08. The monoisotopic (exact) mass is 496 g/mol. The molecule has 2 aromatic heterocycles. The Labute approximate surface area is 201 Å². The molecule has 178 valence electrons. The fourth-order valence-corrected chi connectivity index (χ4v) is 4.03. The first-order valence-corrected chi connectivity index (χ1v) is 10.6. The van der Waals surface area contributed by atoms with Crippen molar-refractivity contribution in [3.63, 3.8) is 0 Å². The minimum Gasteiger partial charge on any atom is -0.495 e. The Morgan fingerprint density at radius 1 is 1.34 bits per heavy atom. The van der Waals surface area contributed by atoms with E-state index >= 15 is 0 Å². The Bertz CT molecular complexity index is 1480. The summed E-state index contributed by atoms with van der Waals surface area (Å²) in [6.07, 6.45) is 0. The molecule has 13 nitrogen and oxygen atoms in total. The van der Waals surface area contributed by atoms with Crippen LogP contribution in [-0.4, -0.2) is 39.6 Å². The van der Waals surface area contributed by atoms with Crippen molar-refractivity contribution in [1.82, 2.24) is 10.3 Å². The van der Waals surface area contributed by atoms with E-state index in [1.54, 1.807) is 6.92 Å². The minimum atomic E-state index is -1.15. The molecule has 3 aromatic rings. The zero-order valence-corrected chi connectivity index (χ0v) is 19.4. The number of nitrogens with one attached hydrogen (secondary N) is 2. The summed E-state index contributed by atoms with van der Waals surface area (Å²) in [5.74, 6) is -1.76. The van der Waals surface area contributed by atoms with E-state index in [0.29, 0.717) is 0 Å². The number of nitrogens with two attached hydrogens (primary N) is 1. The van der Waals surface area contributed by atoms with Crippen molar-refractivity contribution in [3.8, 4) is 29.1 Å². The van der Waals surface area contributed by atoms with E-state index in [1.165, 1.54) is 37.0 Å². The molecule has 0 saturated heterocycles. The highest BCUT2D eigenvalue weighted by Gasteiger charge is 2.32. The van der Waals surface area contributed by atoms with E-state index < -0.39 is 22.8 Å². The van der Waals surface area contributed by atoms with Crippen LogP contribution in [0.4, 0.5) is 11.5 Å². The molecule has 5 N–H and O–H groups in total. The summed E-state index contributed by atoms with van der Waals surface area (Å²) in [6, 6.07) is 7.75. The molecule has 2 heterocycles. The van der Waals surface area contributed by atoms with Crippen molar-refractivity contribution < 1.29 is 28.6 Å². The lowest BCUT2D eigenvalue weighted by atomic mass is 10.0. The maximum absolute atomic E-state index is 12.9. The number of methoxy groups -OCH3 is 1. The first-order valence-electron chi connectivity index (χ1n) is 9.73. The van der Waals surface area contributed by atoms with E-state index in [2.05, 4.69) is 15.6 Å². The highest BCUT2D eigenvalue weighted by molar-refractivity contribution is 8.00. The van der Waals surface area contributed by atoms with Crippen LogP contribution in [0, 0.1) is 22.7 Å².